The number of carbonyl (C=O) groups is 1. The maximum Gasteiger partial charge on any atom is 0.425 e. The summed E-state index contributed by atoms with van der Waals surface area (Å²) in [5.41, 5.74) is -1.63. The van der Waals surface area contributed by atoms with Crippen molar-refractivity contribution in [3.63, 3.8) is 0 Å². The molecule has 3 aromatic rings. The molecule has 0 aliphatic carbocycles. The molecule has 15 heteroatoms. The zero-order chi connectivity index (χ0) is 25.2. The number of amides is 1. The van der Waals surface area contributed by atoms with Gasteiger partial charge in [0.1, 0.15) is 12.2 Å². The van der Waals surface area contributed by atoms with Crippen molar-refractivity contribution in [2.75, 3.05) is 5.32 Å². The molecule has 3 heterocycles. The Bertz CT molecular complexity index is 1280. The van der Waals surface area contributed by atoms with Crippen LogP contribution in [0.25, 0.3) is 5.82 Å². The van der Waals surface area contributed by atoms with E-state index in [1.165, 1.54) is 18.3 Å². The van der Waals surface area contributed by atoms with Crippen molar-refractivity contribution < 1.29 is 32.2 Å². The Morgan fingerprint density at radius 3 is 2.65 bits per heavy atom. The topological polar surface area (TPSA) is 124 Å². The number of carbonyl (C=O) groups excluding carboxylic acids is 1. The summed E-state index contributed by atoms with van der Waals surface area (Å²) < 4.78 is 60.6. The van der Waals surface area contributed by atoms with Gasteiger partial charge in [-0.15, -0.1) is 5.10 Å². The van der Waals surface area contributed by atoms with Gasteiger partial charge >= 0.3 is 11.9 Å². The molecule has 34 heavy (non-hydrogen) atoms. The smallest absolute Gasteiger partial charge is 0.425 e. The zero-order valence-electron chi connectivity index (χ0n) is 17.6. The molecule has 1 atom stereocenters. The van der Waals surface area contributed by atoms with Gasteiger partial charge in [-0.25, -0.2) is 14.2 Å². The number of anilines is 1. The van der Waals surface area contributed by atoms with Gasteiger partial charge in [0.05, 0.1) is 5.02 Å². The van der Waals surface area contributed by atoms with Crippen molar-refractivity contribution in [2.24, 2.45) is 0 Å². The van der Waals surface area contributed by atoms with E-state index in [4.69, 9.17) is 16.3 Å². The Labute approximate surface area is 193 Å². The molecular weight excluding hydrogens is 488 g/mol. The van der Waals surface area contributed by atoms with Crippen LogP contribution in [0, 0.1) is 5.82 Å². The fourth-order valence-corrected chi connectivity index (χ4v) is 2.93. The summed E-state index contributed by atoms with van der Waals surface area (Å²) in [7, 11) is 0. The summed E-state index contributed by atoms with van der Waals surface area (Å²) in [6, 6.07) is 3.41. The summed E-state index contributed by atoms with van der Waals surface area (Å²) in [4.78, 5) is 32.8. The quantitative estimate of drug-likeness (QED) is 0.474. The molecule has 3 aromatic heterocycles. The SMILES string of the molecule is CCn1c(CO)nn(-c2nc(OC(C)C(F)(F)F)c(C(=O)Nc3ncccc3Cl)cc2F)c1=O. The minimum absolute atomic E-state index is 0.0141. The number of nitrogens with one attached hydrogen (secondary N) is 1. The first-order chi connectivity index (χ1) is 16.0. The predicted octanol–water partition coefficient (Wildman–Crippen LogP) is 2.71. The molecule has 0 saturated heterocycles. The number of aliphatic hydroxyl groups is 1. The minimum atomic E-state index is -4.85. The van der Waals surface area contributed by atoms with Crippen LogP contribution in [0.5, 0.6) is 5.88 Å². The number of alkyl halides is 3. The highest BCUT2D eigenvalue weighted by Gasteiger charge is 2.39. The number of rotatable bonds is 7. The molecule has 2 N–H and O–H groups in total. The van der Waals surface area contributed by atoms with Gasteiger partial charge in [0, 0.05) is 12.7 Å². The highest BCUT2D eigenvalue weighted by molar-refractivity contribution is 6.33. The molecule has 0 spiro atoms. The highest BCUT2D eigenvalue weighted by atomic mass is 35.5. The lowest BCUT2D eigenvalue weighted by Crippen LogP contribution is -2.33. The van der Waals surface area contributed by atoms with Gasteiger partial charge in [-0.3, -0.25) is 9.36 Å². The first-order valence-electron chi connectivity index (χ1n) is 9.63. The first-order valence-corrected chi connectivity index (χ1v) is 10.0. The van der Waals surface area contributed by atoms with Crippen molar-refractivity contribution in [3.8, 4) is 11.7 Å². The van der Waals surface area contributed by atoms with Gasteiger partial charge in [0.25, 0.3) is 5.91 Å². The number of halogens is 5. The maximum atomic E-state index is 15.0. The standard InChI is InChI=1S/C19H17ClF4N6O4/c1-3-29-13(8-31)28-30(18(29)33)15-12(21)7-10(17(27-15)34-9(2)19(22,23)24)16(32)26-14-11(20)5-4-6-25-14/h4-7,9,31H,3,8H2,1-2H3,(H,25,26,32). The second kappa shape index (κ2) is 9.77. The van der Waals surface area contributed by atoms with E-state index in [1.54, 1.807) is 6.92 Å². The Morgan fingerprint density at radius 1 is 1.38 bits per heavy atom. The lowest BCUT2D eigenvalue weighted by Gasteiger charge is -2.19. The molecule has 0 aliphatic heterocycles. The molecule has 3 rings (SSSR count). The van der Waals surface area contributed by atoms with Gasteiger partial charge in [-0.05, 0) is 32.0 Å². The monoisotopic (exact) mass is 504 g/mol. The third-order valence-corrected chi connectivity index (χ3v) is 4.81. The van der Waals surface area contributed by atoms with E-state index < -0.39 is 53.6 Å². The normalized spacial score (nSPS) is 12.5. The lowest BCUT2D eigenvalue weighted by atomic mass is 10.2. The van der Waals surface area contributed by atoms with Crippen LogP contribution in [0.3, 0.4) is 0 Å². The molecule has 0 aliphatic rings. The zero-order valence-corrected chi connectivity index (χ0v) is 18.4. The summed E-state index contributed by atoms with van der Waals surface area (Å²) >= 11 is 5.92. The highest BCUT2D eigenvalue weighted by Crippen LogP contribution is 2.29. The van der Waals surface area contributed by atoms with E-state index in [0.29, 0.717) is 17.7 Å². The van der Waals surface area contributed by atoms with Crippen LogP contribution in [0.4, 0.5) is 23.4 Å². The second-order valence-electron chi connectivity index (χ2n) is 6.75. The van der Waals surface area contributed by atoms with E-state index in [0.717, 1.165) is 4.57 Å². The molecule has 1 unspecified atom stereocenters. The molecule has 0 radical (unpaired) electrons. The fraction of sp³-hybridized carbons (Fsp3) is 0.316. The second-order valence-corrected chi connectivity index (χ2v) is 7.16. The fourth-order valence-electron chi connectivity index (χ4n) is 2.76. The number of pyridine rings is 2. The van der Waals surface area contributed by atoms with Gasteiger partial charge in [0.15, 0.2) is 29.4 Å². The minimum Gasteiger partial charge on any atom is -0.464 e. The van der Waals surface area contributed by atoms with Crippen LogP contribution in [0.2, 0.25) is 5.02 Å². The molecule has 0 saturated carbocycles. The molecule has 0 aromatic carbocycles. The summed E-state index contributed by atoms with van der Waals surface area (Å²) in [6.07, 6.45) is -6.00. The van der Waals surface area contributed by atoms with Gasteiger partial charge in [-0.1, -0.05) is 11.6 Å². The maximum absolute atomic E-state index is 15.0. The van der Waals surface area contributed by atoms with Crippen LogP contribution in [0.15, 0.2) is 29.2 Å². The summed E-state index contributed by atoms with van der Waals surface area (Å²) in [6.45, 7) is 1.61. The molecular formula is C19H17ClF4N6O4. The van der Waals surface area contributed by atoms with Crippen LogP contribution in [-0.2, 0) is 13.2 Å². The first kappa shape index (κ1) is 25.1. The van der Waals surface area contributed by atoms with E-state index in [1.807, 2.05) is 0 Å². The van der Waals surface area contributed by atoms with Crippen molar-refractivity contribution >= 4 is 23.3 Å². The van der Waals surface area contributed by atoms with Crippen molar-refractivity contribution in [1.29, 1.82) is 0 Å². The van der Waals surface area contributed by atoms with Crippen molar-refractivity contribution in [2.45, 2.75) is 39.3 Å². The Kier molecular flexibility index (Phi) is 7.21. The van der Waals surface area contributed by atoms with Crippen LogP contribution < -0.4 is 15.7 Å². The number of aromatic nitrogens is 5. The Morgan fingerprint density at radius 2 is 2.09 bits per heavy atom. The van der Waals surface area contributed by atoms with Gasteiger partial charge in [0.2, 0.25) is 5.88 Å². The Balaban J connectivity index is 2.14. The average molecular weight is 505 g/mol. The number of ether oxygens (including phenoxy) is 1. The van der Waals surface area contributed by atoms with Crippen LogP contribution in [-0.4, -0.2) is 47.6 Å². The third kappa shape index (κ3) is 5.02. The number of aliphatic hydroxyl groups excluding tert-OH is 1. The number of hydrogen-bond donors (Lipinski definition) is 2. The molecule has 1 amide bonds. The van der Waals surface area contributed by atoms with Crippen molar-refractivity contribution in [3.05, 3.63) is 57.1 Å². The largest absolute Gasteiger partial charge is 0.464 e. The van der Waals surface area contributed by atoms with Gasteiger partial charge in [-0.2, -0.15) is 22.8 Å². The van der Waals surface area contributed by atoms with E-state index in [9.17, 15) is 32.3 Å². The van der Waals surface area contributed by atoms with Crippen LogP contribution >= 0.6 is 11.6 Å². The van der Waals surface area contributed by atoms with Crippen molar-refractivity contribution in [1.82, 2.24) is 24.3 Å². The molecule has 10 nitrogen and oxygen atoms in total. The Hall–Kier alpha value is -3.52. The van der Waals surface area contributed by atoms with Crippen LogP contribution in [0.1, 0.15) is 30.0 Å². The number of hydrogen-bond acceptors (Lipinski definition) is 7. The van der Waals surface area contributed by atoms with E-state index >= 15 is 0 Å². The molecule has 0 bridgehead atoms. The number of nitrogens with zero attached hydrogens (tertiary/aromatic N) is 5. The van der Waals surface area contributed by atoms with E-state index in [2.05, 4.69) is 20.4 Å². The summed E-state index contributed by atoms with van der Waals surface area (Å²) in [5, 5.41) is 15.4. The lowest BCUT2D eigenvalue weighted by molar-refractivity contribution is -0.190. The average Bonchev–Trinajstić information content (AvgIpc) is 3.10. The third-order valence-electron chi connectivity index (χ3n) is 4.50. The molecule has 0 fully saturated rings. The summed E-state index contributed by atoms with van der Waals surface area (Å²) in [5.74, 6) is -4.41. The van der Waals surface area contributed by atoms with E-state index in [-0.39, 0.29) is 23.2 Å². The predicted molar refractivity (Wildman–Crippen MR) is 111 cm³/mol. The molecule has 182 valence electrons. The van der Waals surface area contributed by atoms with Gasteiger partial charge < -0.3 is 15.2 Å².